The van der Waals surface area contributed by atoms with Crippen molar-refractivity contribution in [1.29, 1.82) is 0 Å². The van der Waals surface area contributed by atoms with Crippen LogP contribution in [0.2, 0.25) is 0 Å². The van der Waals surface area contributed by atoms with E-state index in [1.165, 1.54) is 6.20 Å². The van der Waals surface area contributed by atoms with Gasteiger partial charge in [-0.05, 0) is 0 Å². The molecule has 4 heteroatoms. The van der Waals surface area contributed by atoms with Crippen LogP contribution in [0.5, 0.6) is 5.75 Å². The molecule has 0 aliphatic rings. The van der Waals surface area contributed by atoms with E-state index in [1.54, 1.807) is 24.4 Å². The van der Waals surface area contributed by atoms with Crippen molar-refractivity contribution in [2.75, 3.05) is 0 Å². The molecule has 2 nitrogen and oxygen atoms in total. The third kappa shape index (κ3) is 1.64. The Morgan fingerprint density at radius 3 is 2.71 bits per heavy atom. The van der Waals surface area contributed by atoms with Crippen LogP contribution in [0.3, 0.4) is 0 Å². The molecule has 0 aliphatic carbocycles. The lowest BCUT2D eigenvalue weighted by Crippen LogP contribution is -2.02. The molecule has 0 aliphatic heterocycles. The molecule has 1 aromatic carbocycles. The maximum absolute atomic E-state index is 12.0. The van der Waals surface area contributed by atoms with Gasteiger partial charge in [-0.2, -0.15) is 8.78 Å². The largest absolute Gasteiger partial charge is 0.433 e. The second-order valence-electron chi connectivity index (χ2n) is 2.74. The number of aromatic nitrogens is 1. The zero-order valence-electron chi connectivity index (χ0n) is 7.15. The Labute approximate surface area is 79.1 Å². The van der Waals surface area contributed by atoms with Gasteiger partial charge >= 0.3 is 6.61 Å². The van der Waals surface area contributed by atoms with E-state index in [-0.39, 0.29) is 5.75 Å². The van der Waals surface area contributed by atoms with E-state index in [9.17, 15) is 8.78 Å². The van der Waals surface area contributed by atoms with Gasteiger partial charge in [-0.15, -0.1) is 0 Å². The van der Waals surface area contributed by atoms with Crippen molar-refractivity contribution in [2.45, 2.75) is 6.61 Å². The summed E-state index contributed by atoms with van der Waals surface area (Å²) in [6.07, 6.45) is 2.89. The third-order valence-corrected chi connectivity index (χ3v) is 1.85. The summed E-state index contributed by atoms with van der Waals surface area (Å²) in [6, 6.07) is 7.09. The van der Waals surface area contributed by atoms with Crippen LogP contribution in [0.1, 0.15) is 0 Å². The van der Waals surface area contributed by atoms with E-state index in [0.29, 0.717) is 5.39 Å². The van der Waals surface area contributed by atoms with Crippen LogP contribution in [0.15, 0.2) is 36.7 Å². The molecular weight excluding hydrogens is 188 g/mol. The third-order valence-electron chi connectivity index (χ3n) is 1.85. The second-order valence-corrected chi connectivity index (χ2v) is 2.74. The first-order valence-corrected chi connectivity index (χ1v) is 4.05. The lowest BCUT2D eigenvalue weighted by molar-refractivity contribution is -0.0490. The van der Waals surface area contributed by atoms with E-state index in [0.717, 1.165) is 5.39 Å². The normalized spacial score (nSPS) is 10.8. The highest BCUT2D eigenvalue weighted by Gasteiger charge is 2.07. The number of fused-ring (bicyclic) bond motifs is 1. The molecular formula is C10H7F2NO. The number of pyridine rings is 1. The van der Waals surface area contributed by atoms with E-state index in [4.69, 9.17) is 0 Å². The zero-order chi connectivity index (χ0) is 9.97. The molecule has 72 valence electrons. The van der Waals surface area contributed by atoms with Gasteiger partial charge in [-0.1, -0.05) is 24.3 Å². The summed E-state index contributed by atoms with van der Waals surface area (Å²) in [4.78, 5) is 3.81. The van der Waals surface area contributed by atoms with Gasteiger partial charge in [0.25, 0.3) is 0 Å². The molecule has 14 heavy (non-hydrogen) atoms. The summed E-state index contributed by atoms with van der Waals surface area (Å²) in [6.45, 7) is -2.82. The lowest BCUT2D eigenvalue weighted by atomic mass is 10.2. The van der Waals surface area contributed by atoms with Gasteiger partial charge in [0.1, 0.15) is 0 Å². The molecule has 0 saturated heterocycles. The van der Waals surface area contributed by atoms with Crippen molar-refractivity contribution >= 4 is 10.8 Å². The van der Waals surface area contributed by atoms with Gasteiger partial charge in [0.2, 0.25) is 0 Å². The first-order valence-electron chi connectivity index (χ1n) is 4.05. The average molecular weight is 195 g/mol. The van der Waals surface area contributed by atoms with Crippen LogP contribution >= 0.6 is 0 Å². The highest BCUT2D eigenvalue weighted by Crippen LogP contribution is 2.24. The predicted octanol–water partition coefficient (Wildman–Crippen LogP) is 2.84. The van der Waals surface area contributed by atoms with Crippen molar-refractivity contribution in [3.8, 4) is 5.75 Å². The average Bonchev–Trinajstić information content (AvgIpc) is 2.18. The van der Waals surface area contributed by atoms with Crippen molar-refractivity contribution in [3.63, 3.8) is 0 Å². The second kappa shape index (κ2) is 3.57. The summed E-state index contributed by atoms with van der Waals surface area (Å²) in [5, 5.41) is 1.42. The fourth-order valence-electron chi connectivity index (χ4n) is 1.28. The lowest BCUT2D eigenvalue weighted by Gasteiger charge is -2.06. The van der Waals surface area contributed by atoms with Crippen LogP contribution in [-0.4, -0.2) is 11.6 Å². The highest BCUT2D eigenvalue weighted by atomic mass is 19.3. The van der Waals surface area contributed by atoms with E-state index in [1.807, 2.05) is 6.07 Å². The van der Waals surface area contributed by atoms with Crippen LogP contribution in [0, 0.1) is 0 Å². The van der Waals surface area contributed by atoms with Crippen molar-refractivity contribution in [2.24, 2.45) is 0 Å². The molecule has 0 radical (unpaired) electrons. The predicted molar refractivity (Wildman–Crippen MR) is 48.4 cm³/mol. The number of ether oxygens (including phenoxy) is 1. The number of hydrogen-bond donors (Lipinski definition) is 0. The molecule has 0 atom stereocenters. The van der Waals surface area contributed by atoms with Crippen molar-refractivity contribution < 1.29 is 13.5 Å². The molecule has 0 fully saturated rings. The van der Waals surface area contributed by atoms with Crippen LogP contribution in [0.4, 0.5) is 8.78 Å². The summed E-state index contributed by atoms with van der Waals surface area (Å²) in [7, 11) is 0. The molecule has 1 aromatic heterocycles. The fraction of sp³-hybridized carbons (Fsp3) is 0.100. The molecule has 0 unspecified atom stereocenters. The van der Waals surface area contributed by atoms with Crippen LogP contribution in [-0.2, 0) is 0 Å². The van der Waals surface area contributed by atoms with E-state index in [2.05, 4.69) is 9.72 Å². The Bertz CT molecular complexity index is 440. The molecule has 0 spiro atoms. The quantitative estimate of drug-likeness (QED) is 0.735. The fourth-order valence-corrected chi connectivity index (χ4v) is 1.28. The maximum atomic E-state index is 12.0. The highest BCUT2D eigenvalue weighted by molar-refractivity contribution is 5.87. The summed E-state index contributed by atoms with van der Waals surface area (Å²) in [5.41, 5.74) is 0. The topological polar surface area (TPSA) is 22.1 Å². The first kappa shape index (κ1) is 8.87. The Kier molecular flexibility index (Phi) is 2.26. The molecule has 2 aromatic rings. The Morgan fingerprint density at radius 2 is 1.93 bits per heavy atom. The van der Waals surface area contributed by atoms with E-state index >= 15 is 0 Å². The van der Waals surface area contributed by atoms with Crippen LogP contribution in [0.25, 0.3) is 10.8 Å². The Balaban J connectivity index is 2.53. The number of halogens is 2. The van der Waals surface area contributed by atoms with Gasteiger partial charge in [-0.25, -0.2) is 0 Å². The SMILES string of the molecule is FC(F)Oc1cncc2ccccc12. The van der Waals surface area contributed by atoms with Gasteiger partial charge in [0, 0.05) is 17.0 Å². The van der Waals surface area contributed by atoms with Gasteiger partial charge in [0.05, 0.1) is 6.20 Å². The first-order chi connectivity index (χ1) is 6.77. The number of nitrogens with zero attached hydrogens (tertiary/aromatic N) is 1. The minimum atomic E-state index is -2.82. The minimum Gasteiger partial charge on any atom is -0.433 e. The number of rotatable bonds is 2. The van der Waals surface area contributed by atoms with Crippen LogP contribution < -0.4 is 4.74 Å². The molecule has 0 N–H and O–H groups in total. The summed E-state index contributed by atoms with van der Waals surface area (Å²) < 4.78 is 28.3. The van der Waals surface area contributed by atoms with Gasteiger partial charge in [0.15, 0.2) is 5.75 Å². The molecule has 1 heterocycles. The van der Waals surface area contributed by atoms with Crippen molar-refractivity contribution in [3.05, 3.63) is 36.7 Å². The minimum absolute atomic E-state index is 0.109. The number of hydrogen-bond acceptors (Lipinski definition) is 2. The maximum Gasteiger partial charge on any atom is 0.387 e. The van der Waals surface area contributed by atoms with Gasteiger partial charge in [-0.3, -0.25) is 4.98 Å². The van der Waals surface area contributed by atoms with E-state index < -0.39 is 6.61 Å². The molecule has 0 saturated carbocycles. The Hall–Kier alpha value is -1.71. The molecule has 0 amide bonds. The Morgan fingerprint density at radius 1 is 1.14 bits per heavy atom. The molecule has 2 rings (SSSR count). The molecule has 0 bridgehead atoms. The van der Waals surface area contributed by atoms with Crippen molar-refractivity contribution in [1.82, 2.24) is 4.98 Å². The summed E-state index contributed by atoms with van der Waals surface area (Å²) >= 11 is 0. The van der Waals surface area contributed by atoms with Gasteiger partial charge < -0.3 is 4.74 Å². The number of benzene rings is 1. The summed E-state index contributed by atoms with van der Waals surface area (Å²) in [5.74, 6) is 0.109. The zero-order valence-corrected chi connectivity index (χ0v) is 7.15. The number of alkyl halides is 2. The monoisotopic (exact) mass is 195 g/mol. The standard InChI is InChI=1S/C10H7F2NO/c11-10(12)14-9-6-13-5-7-3-1-2-4-8(7)9/h1-6,10H. The smallest absolute Gasteiger partial charge is 0.387 e.